The first kappa shape index (κ1) is 15.4. The van der Waals surface area contributed by atoms with Crippen LogP contribution in [0.3, 0.4) is 0 Å². The Morgan fingerprint density at radius 1 is 1.00 bits per heavy atom. The molecule has 0 radical (unpaired) electrons. The van der Waals surface area contributed by atoms with Crippen molar-refractivity contribution < 1.29 is 0 Å². The molecule has 5 heteroatoms. The average molecular weight is 367 g/mol. The van der Waals surface area contributed by atoms with Gasteiger partial charge < -0.3 is 0 Å². The highest BCUT2D eigenvalue weighted by Gasteiger charge is 2.03. The van der Waals surface area contributed by atoms with Crippen LogP contribution in [-0.4, -0.2) is 16.2 Å². The van der Waals surface area contributed by atoms with Crippen molar-refractivity contribution in [1.29, 1.82) is 0 Å². The summed E-state index contributed by atoms with van der Waals surface area (Å²) in [6.45, 7) is 1.87. The summed E-state index contributed by atoms with van der Waals surface area (Å²) in [6, 6.07) is 19.8. The molecule has 23 heavy (non-hydrogen) atoms. The number of aromatic nitrogens is 2. The molecule has 4 nitrogen and oxygen atoms in total. The molecule has 0 atom stereocenters. The summed E-state index contributed by atoms with van der Waals surface area (Å²) < 4.78 is 1.04. The van der Waals surface area contributed by atoms with Gasteiger partial charge in [-0.3, -0.25) is 5.43 Å². The monoisotopic (exact) mass is 366 g/mol. The second-order valence-corrected chi connectivity index (χ2v) is 5.89. The van der Waals surface area contributed by atoms with E-state index in [-0.39, 0.29) is 0 Å². The number of nitrogens with one attached hydrogen (secondary N) is 1. The molecule has 0 saturated carbocycles. The fourth-order valence-corrected chi connectivity index (χ4v) is 2.37. The molecule has 0 saturated heterocycles. The minimum Gasteiger partial charge on any atom is -0.261 e. The Morgan fingerprint density at radius 2 is 1.74 bits per heavy atom. The quantitative estimate of drug-likeness (QED) is 0.539. The van der Waals surface area contributed by atoms with Crippen LogP contribution < -0.4 is 5.43 Å². The van der Waals surface area contributed by atoms with E-state index in [4.69, 9.17) is 0 Å². The van der Waals surface area contributed by atoms with E-state index in [1.54, 1.807) is 6.21 Å². The van der Waals surface area contributed by atoms with Crippen molar-refractivity contribution in [3.63, 3.8) is 0 Å². The van der Waals surface area contributed by atoms with Gasteiger partial charge in [-0.15, -0.1) is 0 Å². The summed E-state index contributed by atoms with van der Waals surface area (Å²) in [5.74, 6) is 1.37. The van der Waals surface area contributed by atoms with Gasteiger partial charge in [-0.1, -0.05) is 58.4 Å². The van der Waals surface area contributed by atoms with E-state index in [9.17, 15) is 0 Å². The summed E-state index contributed by atoms with van der Waals surface area (Å²) in [7, 11) is 0. The minimum absolute atomic E-state index is 0.671. The number of halogens is 1. The van der Waals surface area contributed by atoms with E-state index < -0.39 is 0 Å². The smallest absolute Gasteiger partial charge is 0.150 e. The van der Waals surface area contributed by atoms with Gasteiger partial charge in [0, 0.05) is 16.1 Å². The van der Waals surface area contributed by atoms with Crippen molar-refractivity contribution in [2.24, 2.45) is 5.10 Å². The van der Waals surface area contributed by atoms with Gasteiger partial charge in [0.05, 0.1) is 11.9 Å². The lowest BCUT2D eigenvalue weighted by atomic mass is 10.1. The van der Waals surface area contributed by atoms with Crippen molar-refractivity contribution in [3.8, 4) is 11.3 Å². The number of rotatable bonds is 4. The van der Waals surface area contributed by atoms with Crippen LogP contribution in [0.4, 0.5) is 5.82 Å². The van der Waals surface area contributed by atoms with Crippen molar-refractivity contribution in [3.05, 3.63) is 76.5 Å². The van der Waals surface area contributed by atoms with E-state index in [1.165, 1.54) is 0 Å². The van der Waals surface area contributed by atoms with E-state index in [0.717, 1.165) is 21.3 Å². The van der Waals surface area contributed by atoms with Crippen LogP contribution in [0, 0.1) is 6.92 Å². The Hall–Kier alpha value is -2.53. The Balaban J connectivity index is 1.78. The minimum atomic E-state index is 0.671. The predicted octanol–water partition coefficient (Wildman–Crippen LogP) is 4.66. The number of hydrogen-bond acceptors (Lipinski definition) is 4. The molecule has 0 aliphatic carbocycles. The van der Waals surface area contributed by atoms with Crippen LogP contribution in [-0.2, 0) is 0 Å². The van der Waals surface area contributed by atoms with Gasteiger partial charge in [0.15, 0.2) is 0 Å². The van der Waals surface area contributed by atoms with Gasteiger partial charge in [0.1, 0.15) is 11.6 Å². The first-order chi connectivity index (χ1) is 11.2. The zero-order valence-electron chi connectivity index (χ0n) is 12.6. The van der Waals surface area contributed by atoms with Crippen molar-refractivity contribution in [1.82, 2.24) is 9.97 Å². The highest BCUT2D eigenvalue weighted by Crippen LogP contribution is 2.19. The zero-order valence-corrected chi connectivity index (χ0v) is 14.2. The van der Waals surface area contributed by atoms with Crippen molar-refractivity contribution in [2.45, 2.75) is 6.92 Å². The van der Waals surface area contributed by atoms with Crippen LogP contribution >= 0.6 is 15.9 Å². The summed E-state index contributed by atoms with van der Waals surface area (Å²) in [4.78, 5) is 8.83. The highest BCUT2D eigenvalue weighted by atomic mass is 79.9. The second-order valence-electron chi connectivity index (χ2n) is 4.97. The van der Waals surface area contributed by atoms with E-state index in [2.05, 4.69) is 36.4 Å². The molecule has 114 valence electrons. The predicted molar refractivity (Wildman–Crippen MR) is 97.6 cm³/mol. The molecule has 0 aliphatic heterocycles. The molecule has 0 bridgehead atoms. The molecule has 1 N–H and O–H groups in total. The third-order valence-electron chi connectivity index (χ3n) is 3.17. The normalized spacial score (nSPS) is 10.9. The lowest BCUT2D eigenvalue weighted by Crippen LogP contribution is -1.98. The molecular formula is C18H15BrN4. The molecule has 2 aromatic carbocycles. The molecule has 0 spiro atoms. The molecular weight excluding hydrogens is 352 g/mol. The van der Waals surface area contributed by atoms with Gasteiger partial charge in [-0.05, 0) is 24.6 Å². The van der Waals surface area contributed by atoms with Crippen LogP contribution in [0.1, 0.15) is 11.4 Å². The molecule has 3 aromatic rings. The lowest BCUT2D eigenvalue weighted by molar-refractivity contribution is 1.05. The van der Waals surface area contributed by atoms with E-state index >= 15 is 0 Å². The van der Waals surface area contributed by atoms with Gasteiger partial charge in [0.2, 0.25) is 0 Å². The van der Waals surface area contributed by atoms with Gasteiger partial charge in [0.25, 0.3) is 0 Å². The van der Waals surface area contributed by atoms with Crippen LogP contribution in [0.2, 0.25) is 0 Å². The molecule has 1 heterocycles. The topological polar surface area (TPSA) is 50.2 Å². The second kappa shape index (κ2) is 7.15. The largest absolute Gasteiger partial charge is 0.261 e. The average Bonchev–Trinajstić information content (AvgIpc) is 2.57. The number of benzene rings is 2. The van der Waals surface area contributed by atoms with Gasteiger partial charge in [-0.25, -0.2) is 9.97 Å². The summed E-state index contributed by atoms with van der Waals surface area (Å²) in [6.07, 6.45) is 1.76. The van der Waals surface area contributed by atoms with Crippen molar-refractivity contribution in [2.75, 3.05) is 5.43 Å². The standard InChI is InChI=1S/C18H15BrN4/c1-13-21-17(15-5-3-2-4-6-15)11-18(22-13)23-20-12-14-7-9-16(19)10-8-14/h2-12H,1H3,(H,21,22,23). The highest BCUT2D eigenvalue weighted by molar-refractivity contribution is 9.10. The Bertz CT molecular complexity index is 814. The molecule has 0 amide bonds. The fourth-order valence-electron chi connectivity index (χ4n) is 2.10. The summed E-state index contributed by atoms with van der Waals surface area (Å²) >= 11 is 3.41. The van der Waals surface area contributed by atoms with Crippen molar-refractivity contribution >= 4 is 28.0 Å². The summed E-state index contributed by atoms with van der Waals surface area (Å²) in [5.41, 5.74) is 5.90. The Kier molecular flexibility index (Phi) is 4.78. The molecule has 0 fully saturated rings. The third-order valence-corrected chi connectivity index (χ3v) is 3.70. The van der Waals surface area contributed by atoms with Crippen LogP contribution in [0.5, 0.6) is 0 Å². The van der Waals surface area contributed by atoms with E-state index in [0.29, 0.717) is 11.6 Å². The molecule has 3 rings (SSSR count). The lowest BCUT2D eigenvalue weighted by Gasteiger charge is -2.05. The zero-order chi connectivity index (χ0) is 16.1. The number of hydrogen-bond donors (Lipinski definition) is 1. The molecule has 1 aromatic heterocycles. The van der Waals surface area contributed by atoms with Crippen LogP contribution in [0.15, 0.2) is 70.2 Å². The SMILES string of the molecule is Cc1nc(NN=Cc2ccc(Br)cc2)cc(-c2ccccc2)n1. The maximum Gasteiger partial charge on any atom is 0.150 e. The Labute approximate surface area is 143 Å². The maximum atomic E-state index is 4.47. The number of hydrazone groups is 1. The Morgan fingerprint density at radius 3 is 2.48 bits per heavy atom. The number of nitrogens with zero attached hydrogens (tertiary/aromatic N) is 3. The molecule has 0 unspecified atom stereocenters. The van der Waals surface area contributed by atoms with E-state index in [1.807, 2.05) is 67.6 Å². The number of anilines is 1. The summed E-state index contributed by atoms with van der Waals surface area (Å²) in [5, 5.41) is 4.24. The molecule has 0 aliphatic rings. The first-order valence-electron chi connectivity index (χ1n) is 7.16. The maximum absolute atomic E-state index is 4.47. The number of aryl methyl sites for hydroxylation is 1. The van der Waals surface area contributed by atoms with Gasteiger partial charge in [-0.2, -0.15) is 5.10 Å². The van der Waals surface area contributed by atoms with Gasteiger partial charge >= 0.3 is 0 Å². The fraction of sp³-hybridized carbons (Fsp3) is 0.0556. The van der Waals surface area contributed by atoms with Crippen LogP contribution in [0.25, 0.3) is 11.3 Å². The first-order valence-corrected chi connectivity index (χ1v) is 7.96. The third kappa shape index (κ3) is 4.23.